The zero-order chi connectivity index (χ0) is 38.3. The van der Waals surface area contributed by atoms with Crippen molar-refractivity contribution in [1.82, 2.24) is 35.9 Å². The highest BCUT2D eigenvalue weighted by Gasteiger charge is 2.29. The zero-order valence-electron chi connectivity index (χ0n) is 31.5. The SMILES string of the molecule is CCC.CCCNCc1nc2ccc(-c3ccc(-c4ccc(-c5cnc(C(NC(=O)CNC=O)C(C)C)[nH]5)cc4C(C)(F)F)cc3)cc2[nH]1.COC. The number of nitrogens with zero attached hydrogens (tertiary/aromatic N) is 2. The highest BCUT2D eigenvalue weighted by molar-refractivity contribution is 5.83. The van der Waals surface area contributed by atoms with Gasteiger partial charge in [-0.1, -0.05) is 83.5 Å². The number of carbonyl (C=O) groups excluding carboxylic acids is 2. The third-order valence-electron chi connectivity index (χ3n) is 7.80. The minimum Gasteiger partial charge on any atom is -0.388 e. The summed E-state index contributed by atoms with van der Waals surface area (Å²) < 4.78 is 34.4. The first kappa shape index (κ1) is 41.5. The molecule has 1 unspecified atom stereocenters. The first-order valence-corrected chi connectivity index (χ1v) is 17.6. The topological polar surface area (TPSA) is 137 Å². The molecular formula is C40H53F2N7O3. The number of H-pyrrole nitrogens is 2. The number of aromatic amines is 2. The lowest BCUT2D eigenvalue weighted by Crippen LogP contribution is -2.38. The van der Waals surface area contributed by atoms with E-state index in [9.17, 15) is 9.59 Å². The molecule has 2 amide bonds. The number of aromatic nitrogens is 4. The maximum atomic E-state index is 15.1. The highest BCUT2D eigenvalue weighted by atomic mass is 19.3. The number of halogens is 2. The summed E-state index contributed by atoms with van der Waals surface area (Å²) in [5, 5.41) is 8.54. The van der Waals surface area contributed by atoms with E-state index in [2.05, 4.69) is 67.5 Å². The Morgan fingerprint density at radius 2 is 1.58 bits per heavy atom. The van der Waals surface area contributed by atoms with Crippen LogP contribution in [0, 0.1) is 5.92 Å². The molecule has 0 fully saturated rings. The monoisotopic (exact) mass is 717 g/mol. The van der Waals surface area contributed by atoms with Gasteiger partial charge >= 0.3 is 0 Å². The van der Waals surface area contributed by atoms with Crippen LogP contribution in [0.25, 0.3) is 44.5 Å². The van der Waals surface area contributed by atoms with E-state index in [0.29, 0.717) is 41.2 Å². The molecule has 12 heteroatoms. The van der Waals surface area contributed by atoms with Gasteiger partial charge in [0, 0.05) is 32.3 Å². The Balaban J connectivity index is 0.00000114. The molecule has 0 radical (unpaired) electrons. The van der Waals surface area contributed by atoms with Gasteiger partial charge in [0.1, 0.15) is 11.6 Å². The number of ether oxygens (including phenoxy) is 1. The molecule has 0 spiro atoms. The molecule has 0 aliphatic heterocycles. The molecule has 0 saturated heterocycles. The second-order valence-corrected chi connectivity index (χ2v) is 12.9. The number of hydrogen-bond donors (Lipinski definition) is 5. The molecule has 2 aromatic heterocycles. The number of hydrogen-bond acceptors (Lipinski definition) is 6. The van der Waals surface area contributed by atoms with Crippen LogP contribution in [-0.2, 0) is 26.8 Å². The van der Waals surface area contributed by atoms with Crippen LogP contribution >= 0.6 is 0 Å². The van der Waals surface area contributed by atoms with Crippen LogP contribution in [0.5, 0.6) is 0 Å². The van der Waals surface area contributed by atoms with Gasteiger partial charge in [0.25, 0.3) is 5.92 Å². The molecule has 10 nitrogen and oxygen atoms in total. The molecule has 52 heavy (non-hydrogen) atoms. The number of fused-ring (bicyclic) bond motifs is 1. The fourth-order valence-corrected chi connectivity index (χ4v) is 5.43. The number of rotatable bonds is 14. The van der Waals surface area contributed by atoms with Gasteiger partial charge in [0.05, 0.1) is 42.1 Å². The molecule has 0 bridgehead atoms. The molecule has 5 rings (SSSR count). The quantitative estimate of drug-likeness (QED) is 0.0581. The molecule has 2 heterocycles. The standard InChI is InChI=1S/C35H39F2N7O2.C3H8.C2H6O/c1-5-14-38-18-31-41-28-13-11-24(16-29(28)42-31)22-6-8-23(9-7-22)26-12-10-25(15-27(26)35(4,36)37)30-17-40-34(43-30)33(21(2)3)44-32(46)19-39-20-45;2*1-3-2/h6-13,15-17,20-21,33,38H,5,14,18-19H2,1-4H3,(H,39,45)(H,40,43)(H,41,42)(H,44,46);3H2,1-2H3;1-2H3. The molecule has 0 saturated carbocycles. The smallest absolute Gasteiger partial charge is 0.271 e. The van der Waals surface area contributed by atoms with Crippen LogP contribution in [0.15, 0.2) is 66.9 Å². The van der Waals surface area contributed by atoms with E-state index in [1.807, 2.05) is 50.2 Å². The summed E-state index contributed by atoms with van der Waals surface area (Å²) in [4.78, 5) is 38.4. The van der Waals surface area contributed by atoms with Crippen LogP contribution in [0.1, 0.15) is 77.6 Å². The zero-order valence-corrected chi connectivity index (χ0v) is 31.5. The minimum absolute atomic E-state index is 0.0215. The van der Waals surface area contributed by atoms with Gasteiger partial charge < -0.3 is 30.7 Å². The van der Waals surface area contributed by atoms with Gasteiger partial charge in [-0.15, -0.1) is 0 Å². The van der Waals surface area contributed by atoms with E-state index in [0.717, 1.165) is 47.9 Å². The van der Waals surface area contributed by atoms with Crippen LogP contribution in [0.4, 0.5) is 8.78 Å². The van der Waals surface area contributed by atoms with Gasteiger partial charge in [0.2, 0.25) is 12.3 Å². The Bertz CT molecular complexity index is 1840. The number of methoxy groups -OCH3 is 1. The van der Waals surface area contributed by atoms with Crippen LogP contribution in [0.3, 0.4) is 0 Å². The number of amides is 2. The lowest BCUT2D eigenvalue weighted by atomic mass is 9.92. The van der Waals surface area contributed by atoms with E-state index in [1.165, 1.54) is 12.5 Å². The Labute approximate surface area is 305 Å². The second kappa shape index (κ2) is 20.2. The largest absolute Gasteiger partial charge is 0.388 e. The number of alkyl halides is 2. The maximum absolute atomic E-state index is 15.1. The molecule has 280 valence electrons. The molecule has 1 atom stereocenters. The lowest BCUT2D eigenvalue weighted by molar-refractivity contribution is -0.123. The minimum atomic E-state index is -3.11. The van der Waals surface area contributed by atoms with E-state index >= 15 is 8.78 Å². The van der Waals surface area contributed by atoms with Gasteiger partial charge in [-0.2, -0.15) is 0 Å². The molecule has 0 aliphatic rings. The van der Waals surface area contributed by atoms with Crippen molar-refractivity contribution < 1.29 is 23.1 Å². The summed E-state index contributed by atoms with van der Waals surface area (Å²) in [5.41, 5.74) is 5.90. The molecule has 5 aromatic rings. The molecule has 5 N–H and O–H groups in total. The average Bonchev–Trinajstić information content (AvgIpc) is 3.77. The summed E-state index contributed by atoms with van der Waals surface area (Å²) >= 11 is 0. The predicted octanol–water partition coefficient (Wildman–Crippen LogP) is 8.14. The van der Waals surface area contributed by atoms with Crippen molar-refractivity contribution in [1.29, 1.82) is 0 Å². The number of nitrogens with one attached hydrogen (secondary N) is 5. The summed E-state index contributed by atoms with van der Waals surface area (Å²) in [6, 6.07) is 18.2. The summed E-state index contributed by atoms with van der Waals surface area (Å²) in [6.07, 6.45) is 4.33. The van der Waals surface area contributed by atoms with Crippen molar-refractivity contribution in [3.63, 3.8) is 0 Å². The number of benzene rings is 3. The van der Waals surface area contributed by atoms with Gasteiger partial charge in [0.15, 0.2) is 0 Å². The summed E-state index contributed by atoms with van der Waals surface area (Å²) in [6.45, 7) is 12.6. The maximum Gasteiger partial charge on any atom is 0.271 e. The van der Waals surface area contributed by atoms with Crippen LogP contribution < -0.4 is 16.0 Å². The lowest BCUT2D eigenvalue weighted by Gasteiger charge is -2.20. The fourth-order valence-electron chi connectivity index (χ4n) is 5.43. The Morgan fingerprint density at radius 3 is 2.19 bits per heavy atom. The Hall–Kier alpha value is -4.94. The number of carbonyl (C=O) groups is 2. The summed E-state index contributed by atoms with van der Waals surface area (Å²) in [5.74, 6) is -2.12. The summed E-state index contributed by atoms with van der Waals surface area (Å²) in [7, 11) is 3.25. The van der Waals surface area contributed by atoms with Crippen molar-refractivity contribution in [2.24, 2.45) is 5.92 Å². The van der Waals surface area contributed by atoms with Crippen molar-refractivity contribution >= 4 is 23.4 Å². The van der Waals surface area contributed by atoms with Crippen LogP contribution in [0.2, 0.25) is 0 Å². The second-order valence-electron chi connectivity index (χ2n) is 12.9. The normalized spacial score (nSPS) is 11.7. The van der Waals surface area contributed by atoms with E-state index in [4.69, 9.17) is 0 Å². The predicted molar refractivity (Wildman–Crippen MR) is 205 cm³/mol. The molecule has 3 aromatic carbocycles. The Kier molecular flexibility index (Phi) is 16.1. The van der Waals surface area contributed by atoms with Crippen molar-refractivity contribution in [3.8, 4) is 33.5 Å². The first-order chi connectivity index (χ1) is 24.9. The van der Waals surface area contributed by atoms with Crippen molar-refractivity contribution in [2.45, 2.75) is 72.9 Å². The fraction of sp³-hybridized carbons (Fsp3) is 0.400. The van der Waals surface area contributed by atoms with E-state index in [-0.39, 0.29) is 23.9 Å². The number of imidazole rings is 2. The van der Waals surface area contributed by atoms with Gasteiger partial charge in [-0.05, 0) is 59.3 Å². The highest BCUT2D eigenvalue weighted by Crippen LogP contribution is 2.39. The van der Waals surface area contributed by atoms with E-state index in [1.54, 1.807) is 32.5 Å². The molecule has 0 aliphatic carbocycles. The van der Waals surface area contributed by atoms with Crippen molar-refractivity contribution in [2.75, 3.05) is 27.3 Å². The first-order valence-electron chi connectivity index (χ1n) is 17.6. The van der Waals surface area contributed by atoms with Gasteiger partial charge in [-0.25, -0.2) is 18.7 Å². The average molecular weight is 718 g/mol. The van der Waals surface area contributed by atoms with Crippen LogP contribution in [-0.4, -0.2) is 59.6 Å². The van der Waals surface area contributed by atoms with E-state index < -0.39 is 12.0 Å². The third-order valence-corrected chi connectivity index (χ3v) is 7.80. The third kappa shape index (κ3) is 11.5. The van der Waals surface area contributed by atoms with Gasteiger partial charge in [-0.3, -0.25) is 9.59 Å². The van der Waals surface area contributed by atoms with Crippen molar-refractivity contribution in [3.05, 3.63) is 84.1 Å². The Morgan fingerprint density at radius 1 is 0.942 bits per heavy atom. The molecular weight excluding hydrogens is 664 g/mol.